The number of benzene rings is 2. The van der Waals surface area contributed by atoms with Crippen LogP contribution in [0.25, 0.3) is 0 Å². The quantitative estimate of drug-likeness (QED) is 0.466. The van der Waals surface area contributed by atoms with Crippen molar-refractivity contribution in [2.45, 2.75) is 19.4 Å². The van der Waals surface area contributed by atoms with E-state index in [0.717, 1.165) is 36.7 Å². The van der Waals surface area contributed by atoms with Gasteiger partial charge in [0, 0.05) is 20.1 Å². The van der Waals surface area contributed by atoms with E-state index in [2.05, 4.69) is 27.8 Å². The van der Waals surface area contributed by atoms with Gasteiger partial charge in [-0.05, 0) is 48.2 Å². The Hall–Kier alpha value is -2.56. The molecule has 2 aromatic rings. The van der Waals surface area contributed by atoms with E-state index in [1.54, 1.807) is 26.3 Å². The Kier molecular flexibility index (Phi) is 7.08. The number of ether oxygens (including phenoxy) is 1. The first-order valence-electron chi connectivity index (χ1n) is 8.03. The minimum absolute atomic E-state index is 0.222. The van der Waals surface area contributed by atoms with Gasteiger partial charge in [0.15, 0.2) is 5.96 Å². The number of guanidine groups is 1. The fourth-order valence-electron chi connectivity index (χ4n) is 2.30. The summed E-state index contributed by atoms with van der Waals surface area (Å²) in [7, 11) is 3.41. The number of methoxy groups -OCH3 is 1. The summed E-state index contributed by atoms with van der Waals surface area (Å²) in [6.45, 7) is 1.44. The van der Waals surface area contributed by atoms with Crippen LogP contribution < -0.4 is 15.4 Å². The monoisotopic (exact) mass is 329 g/mol. The highest BCUT2D eigenvalue weighted by Crippen LogP contribution is 2.12. The van der Waals surface area contributed by atoms with Crippen molar-refractivity contribution in [1.29, 1.82) is 0 Å². The number of nitrogens with one attached hydrogen (secondary N) is 2. The minimum atomic E-state index is -0.222. The van der Waals surface area contributed by atoms with Crippen LogP contribution in [0.4, 0.5) is 4.39 Å². The normalized spacial score (nSPS) is 11.2. The molecular weight excluding hydrogens is 305 g/mol. The third-order valence-electron chi connectivity index (χ3n) is 3.69. The van der Waals surface area contributed by atoms with Crippen molar-refractivity contribution in [3.63, 3.8) is 0 Å². The van der Waals surface area contributed by atoms with Gasteiger partial charge >= 0.3 is 0 Å². The molecule has 0 aliphatic rings. The molecule has 24 heavy (non-hydrogen) atoms. The Morgan fingerprint density at radius 1 is 1.00 bits per heavy atom. The second-order valence-corrected chi connectivity index (χ2v) is 5.43. The fourth-order valence-corrected chi connectivity index (χ4v) is 2.30. The predicted octanol–water partition coefficient (Wildman–Crippen LogP) is 3.13. The standard InChI is InChI=1S/C19H24FN3O/c1-21-19(23-14-16-5-9-17(20)10-6-16)22-13-3-4-15-7-11-18(24-2)12-8-15/h5-12H,3-4,13-14H2,1-2H3,(H2,21,22,23). The molecule has 0 fully saturated rings. The van der Waals surface area contributed by atoms with Crippen LogP contribution in [0.1, 0.15) is 17.5 Å². The van der Waals surface area contributed by atoms with Crippen LogP contribution in [0, 0.1) is 5.82 Å². The van der Waals surface area contributed by atoms with Gasteiger partial charge in [0.05, 0.1) is 7.11 Å². The highest BCUT2D eigenvalue weighted by Gasteiger charge is 1.99. The molecule has 0 saturated carbocycles. The molecule has 0 heterocycles. The van der Waals surface area contributed by atoms with Gasteiger partial charge in [0.25, 0.3) is 0 Å². The molecule has 0 spiro atoms. The molecule has 4 nitrogen and oxygen atoms in total. The average Bonchev–Trinajstić information content (AvgIpc) is 2.63. The van der Waals surface area contributed by atoms with Gasteiger partial charge in [-0.2, -0.15) is 0 Å². The van der Waals surface area contributed by atoms with E-state index in [-0.39, 0.29) is 5.82 Å². The van der Waals surface area contributed by atoms with Crippen LogP contribution >= 0.6 is 0 Å². The van der Waals surface area contributed by atoms with E-state index in [9.17, 15) is 4.39 Å². The van der Waals surface area contributed by atoms with E-state index < -0.39 is 0 Å². The Morgan fingerprint density at radius 2 is 1.67 bits per heavy atom. The zero-order chi connectivity index (χ0) is 17.2. The number of rotatable bonds is 7. The first-order chi connectivity index (χ1) is 11.7. The van der Waals surface area contributed by atoms with Crippen LogP contribution in [0.2, 0.25) is 0 Å². The minimum Gasteiger partial charge on any atom is -0.497 e. The lowest BCUT2D eigenvalue weighted by molar-refractivity contribution is 0.414. The summed E-state index contributed by atoms with van der Waals surface area (Å²) in [5.74, 6) is 1.40. The molecular formula is C19H24FN3O. The van der Waals surface area contributed by atoms with E-state index in [1.165, 1.54) is 17.7 Å². The second-order valence-electron chi connectivity index (χ2n) is 5.43. The molecule has 0 atom stereocenters. The molecule has 2 N–H and O–H groups in total. The Balaban J connectivity index is 1.68. The highest BCUT2D eigenvalue weighted by atomic mass is 19.1. The van der Waals surface area contributed by atoms with Crippen molar-refractivity contribution >= 4 is 5.96 Å². The topological polar surface area (TPSA) is 45.7 Å². The van der Waals surface area contributed by atoms with Gasteiger partial charge in [0.2, 0.25) is 0 Å². The molecule has 0 unspecified atom stereocenters. The van der Waals surface area contributed by atoms with Gasteiger partial charge in [-0.15, -0.1) is 0 Å². The molecule has 0 aliphatic carbocycles. The molecule has 0 aliphatic heterocycles. The summed E-state index contributed by atoms with van der Waals surface area (Å²) in [5.41, 5.74) is 2.30. The molecule has 0 radical (unpaired) electrons. The van der Waals surface area contributed by atoms with E-state index in [4.69, 9.17) is 4.74 Å². The van der Waals surface area contributed by atoms with Crippen molar-refractivity contribution in [3.8, 4) is 5.75 Å². The summed E-state index contributed by atoms with van der Waals surface area (Å²) >= 11 is 0. The maximum absolute atomic E-state index is 12.9. The lowest BCUT2D eigenvalue weighted by atomic mass is 10.1. The Morgan fingerprint density at radius 3 is 2.29 bits per heavy atom. The smallest absolute Gasteiger partial charge is 0.191 e. The van der Waals surface area contributed by atoms with Gasteiger partial charge in [-0.1, -0.05) is 24.3 Å². The van der Waals surface area contributed by atoms with Crippen molar-refractivity contribution in [1.82, 2.24) is 10.6 Å². The predicted molar refractivity (Wildman–Crippen MR) is 95.9 cm³/mol. The number of hydrogen-bond donors (Lipinski definition) is 2. The average molecular weight is 329 g/mol. The van der Waals surface area contributed by atoms with Gasteiger partial charge in [-0.25, -0.2) is 4.39 Å². The van der Waals surface area contributed by atoms with Gasteiger partial charge in [0.1, 0.15) is 11.6 Å². The maximum atomic E-state index is 12.9. The molecule has 0 saturated heterocycles. The third kappa shape index (κ3) is 5.91. The Labute approximate surface area is 142 Å². The van der Waals surface area contributed by atoms with Crippen molar-refractivity contribution in [2.75, 3.05) is 20.7 Å². The number of aliphatic imine (C=N–C) groups is 1. The molecule has 2 rings (SSSR count). The Bertz CT molecular complexity index is 639. The summed E-state index contributed by atoms with van der Waals surface area (Å²) < 4.78 is 18.0. The van der Waals surface area contributed by atoms with Crippen molar-refractivity contribution < 1.29 is 9.13 Å². The number of halogens is 1. The zero-order valence-electron chi connectivity index (χ0n) is 14.2. The van der Waals surface area contributed by atoms with E-state index >= 15 is 0 Å². The molecule has 5 heteroatoms. The largest absolute Gasteiger partial charge is 0.497 e. The fraction of sp³-hybridized carbons (Fsp3) is 0.316. The number of nitrogens with zero attached hydrogens (tertiary/aromatic N) is 1. The summed E-state index contributed by atoms with van der Waals surface area (Å²) in [6.07, 6.45) is 2.00. The van der Waals surface area contributed by atoms with Crippen LogP contribution in [0.5, 0.6) is 5.75 Å². The highest BCUT2D eigenvalue weighted by molar-refractivity contribution is 5.79. The molecule has 0 bridgehead atoms. The summed E-state index contributed by atoms with van der Waals surface area (Å²) in [5, 5.41) is 6.50. The SMILES string of the molecule is CN=C(NCCCc1ccc(OC)cc1)NCc1ccc(F)cc1. The zero-order valence-corrected chi connectivity index (χ0v) is 14.2. The lowest BCUT2D eigenvalue weighted by Gasteiger charge is -2.12. The van der Waals surface area contributed by atoms with Gasteiger partial charge in [-0.3, -0.25) is 4.99 Å². The molecule has 0 amide bonds. The third-order valence-corrected chi connectivity index (χ3v) is 3.69. The van der Waals surface area contributed by atoms with Gasteiger partial charge < -0.3 is 15.4 Å². The van der Waals surface area contributed by atoms with Crippen LogP contribution in [0.15, 0.2) is 53.5 Å². The van der Waals surface area contributed by atoms with E-state index in [0.29, 0.717) is 6.54 Å². The number of aryl methyl sites for hydroxylation is 1. The maximum Gasteiger partial charge on any atom is 0.191 e. The second kappa shape index (κ2) is 9.55. The van der Waals surface area contributed by atoms with Crippen molar-refractivity contribution in [3.05, 3.63) is 65.5 Å². The summed E-state index contributed by atoms with van der Waals surface area (Å²) in [6, 6.07) is 14.6. The van der Waals surface area contributed by atoms with E-state index in [1.807, 2.05) is 12.1 Å². The summed E-state index contributed by atoms with van der Waals surface area (Å²) in [4.78, 5) is 4.19. The first-order valence-corrected chi connectivity index (χ1v) is 8.03. The van der Waals surface area contributed by atoms with Crippen molar-refractivity contribution in [2.24, 2.45) is 4.99 Å². The lowest BCUT2D eigenvalue weighted by Crippen LogP contribution is -2.37. The molecule has 2 aromatic carbocycles. The first kappa shape index (κ1) is 17.8. The van der Waals surface area contributed by atoms with Crippen LogP contribution in [0.3, 0.4) is 0 Å². The van der Waals surface area contributed by atoms with Crippen LogP contribution in [-0.4, -0.2) is 26.7 Å². The molecule has 128 valence electrons. The molecule has 0 aromatic heterocycles. The van der Waals surface area contributed by atoms with Crippen LogP contribution in [-0.2, 0) is 13.0 Å². The number of hydrogen-bond acceptors (Lipinski definition) is 2.